The number of nitrogens with one attached hydrogen (secondary N) is 1. The molecule has 1 saturated heterocycles. The first-order chi connectivity index (χ1) is 7.00. The van der Waals surface area contributed by atoms with Crippen LogP contribution in [-0.2, 0) is 9.59 Å². The van der Waals surface area contributed by atoms with E-state index in [1.165, 1.54) is 4.90 Å². The van der Waals surface area contributed by atoms with Crippen molar-refractivity contribution >= 4 is 17.9 Å². The van der Waals surface area contributed by atoms with Crippen molar-refractivity contribution in [2.24, 2.45) is 11.7 Å². The molecule has 3 amide bonds. The van der Waals surface area contributed by atoms with Crippen LogP contribution in [0.1, 0.15) is 6.42 Å². The lowest BCUT2D eigenvalue weighted by Gasteiger charge is -2.15. The monoisotopic (exact) mass is 215 g/mol. The van der Waals surface area contributed by atoms with Gasteiger partial charge < -0.3 is 21.1 Å². The van der Waals surface area contributed by atoms with E-state index in [1.54, 1.807) is 0 Å². The minimum Gasteiger partial charge on any atom is -0.481 e. The minimum atomic E-state index is -0.964. The van der Waals surface area contributed by atoms with Gasteiger partial charge in [0, 0.05) is 26.1 Å². The molecule has 4 N–H and O–H groups in total. The maximum absolute atomic E-state index is 11.3. The fourth-order valence-electron chi connectivity index (χ4n) is 1.47. The highest BCUT2D eigenvalue weighted by molar-refractivity contribution is 5.86. The second kappa shape index (κ2) is 4.63. The quantitative estimate of drug-likeness (QED) is 0.534. The second-order valence-electron chi connectivity index (χ2n) is 3.37. The first-order valence-corrected chi connectivity index (χ1v) is 4.54. The van der Waals surface area contributed by atoms with Crippen LogP contribution in [0.15, 0.2) is 0 Å². The van der Waals surface area contributed by atoms with Crippen molar-refractivity contribution in [1.82, 2.24) is 10.2 Å². The Morgan fingerprint density at radius 1 is 1.60 bits per heavy atom. The molecule has 1 aliphatic heterocycles. The van der Waals surface area contributed by atoms with E-state index in [2.05, 4.69) is 5.32 Å². The first kappa shape index (κ1) is 11.3. The molecular weight excluding hydrogens is 202 g/mol. The predicted octanol–water partition coefficient (Wildman–Crippen LogP) is -1.41. The van der Waals surface area contributed by atoms with Gasteiger partial charge in [-0.15, -0.1) is 0 Å². The van der Waals surface area contributed by atoms with Crippen LogP contribution in [0.3, 0.4) is 0 Å². The fraction of sp³-hybridized carbons (Fsp3) is 0.625. The Balaban J connectivity index is 2.34. The zero-order valence-corrected chi connectivity index (χ0v) is 8.10. The fourth-order valence-corrected chi connectivity index (χ4v) is 1.47. The van der Waals surface area contributed by atoms with Crippen molar-refractivity contribution in [1.29, 1.82) is 0 Å². The van der Waals surface area contributed by atoms with Crippen LogP contribution in [0.4, 0.5) is 4.79 Å². The first-order valence-electron chi connectivity index (χ1n) is 4.54. The van der Waals surface area contributed by atoms with Crippen molar-refractivity contribution in [3.05, 3.63) is 0 Å². The topological polar surface area (TPSA) is 113 Å². The molecule has 15 heavy (non-hydrogen) atoms. The van der Waals surface area contributed by atoms with Gasteiger partial charge in [0.05, 0.1) is 5.92 Å². The van der Waals surface area contributed by atoms with Gasteiger partial charge in [-0.1, -0.05) is 0 Å². The number of carbonyl (C=O) groups is 3. The number of likely N-dealkylation sites (tertiary alicyclic amines) is 1. The number of nitrogens with two attached hydrogens (primary N) is 1. The summed E-state index contributed by atoms with van der Waals surface area (Å²) in [5.74, 6) is -1.80. The van der Waals surface area contributed by atoms with E-state index < -0.39 is 17.9 Å². The third kappa shape index (κ3) is 3.12. The van der Waals surface area contributed by atoms with Crippen LogP contribution < -0.4 is 11.1 Å². The maximum atomic E-state index is 11.3. The molecule has 0 aliphatic carbocycles. The van der Waals surface area contributed by atoms with E-state index in [9.17, 15) is 14.4 Å². The molecule has 1 atom stereocenters. The summed E-state index contributed by atoms with van der Waals surface area (Å²) in [6, 6.07) is -0.656. The zero-order valence-electron chi connectivity index (χ0n) is 8.10. The number of rotatable bonds is 4. The smallest absolute Gasteiger partial charge is 0.312 e. The van der Waals surface area contributed by atoms with E-state index >= 15 is 0 Å². The normalized spacial score (nSPS) is 20.4. The predicted molar refractivity (Wildman–Crippen MR) is 49.9 cm³/mol. The summed E-state index contributed by atoms with van der Waals surface area (Å²) in [6.07, 6.45) is 0.0336. The number of hydrogen-bond acceptors (Lipinski definition) is 3. The highest BCUT2D eigenvalue weighted by Crippen LogP contribution is 2.16. The lowest BCUT2D eigenvalue weighted by atomic mass is 10.1. The van der Waals surface area contributed by atoms with Crippen LogP contribution in [0.2, 0.25) is 0 Å². The Kier molecular flexibility index (Phi) is 3.48. The van der Waals surface area contributed by atoms with Gasteiger partial charge in [0.2, 0.25) is 5.91 Å². The van der Waals surface area contributed by atoms with Crippen LogP contribution in [0.25, 0.3) is 0 Å². The molecule has 1 aliphatic rings. The lowest BCUT2D eigenvalue weighted by molar-refractivity contribution is -0.141. The number of nitrogens with zero attached hydrogens (tertiary/aromatic N) is 1. The van der Waals surface area contributed by atoms with Gasteiger partial charge in [-0.05, 0) is 0 Å². The van der Waals surface area contributed by atoms with Crippen LogP contribution in [-0.4, -0.2) is 47.5 Å². The molecule has 0 saturated carbocycles. The van der Waals surface area contributed by atoms with Crippen LogP contribution >= 0.6 is 0 Å². The molecular formula is C8H13N3O4. The van der Waals surface area contributed by atoms with E-state index in [4.69, 9.17) is 10.8 Å². The number of amides is 3. The van der Waals surface area contributed by atoms with Gasteiger partial charge in [-0.3, -0.25) is 9.59 Å². The van der Waals surface area contributed by atoms with Crippen molar-refractivity contribution in [2.75, 3.05) is 19.6 Å². The third-order valence-corrected chi connectivity index (χ3v) is 2.24. The van der Waals surface area contributed by atoms with Crippen molar-refractivity contribution in [3.63, 3.8) is 0 Å². The average Bonchev–Trinajstić information content (AvgIpc) is 2.47. The summed E-state index contributed by atoms with van der Waals surface area (Å²) in [5.41, 5.74) is 4.84. The molecule has 0 aromatic heterocycles. The number of carbonyl (C=O) groups excluding carboxylic acids is 2. The van der Waals surface area contributed by atoms with Gasteiger partial charge in [0.25, 0.3) is 0 Å². The number of carboxylic acid groups (broad SMARTS) is 1. The third-order valence-electron chi connectivity index (χ3n) is 2.24. The molecule has 7 heteroatoms. The molecule has 7 nitrogen and oxygen atoms in total. The highest BCUT2D eigenvalue weighted by atomic mass is 16.4. The number of carboxylic acids is 1. The minimum absolute atomic E-state index is 0.0336. The Bertz CT molecular complexity index is 292. The van der Waals surface area contributed by atoms with Gasteiger partial charge >= 0.3 is 12.0 Å². The Morgan fingerprint density at radius 3 is 2.73 bits per heavy atom. The van der Waals surface area contributed by atoms with Gasteiger partial charge in [0.15, 0.2) is 0 Å². The largest absolute Gasteiger partial charge is 0.481 e. The molecule has 0 radical (unpaired) electrons. The molecule has 1 fully saturated rings. The summed E-state index contributed by atoms with van der Waals surface area (Å²) in [5, 5.41) is 11.0. The van der Waals surface area contributed by atoms with E-state index in [1.807, 2.05) is 0 Å². The van der Waals surface area contributed by atoms with Crippen LogP contribution in [0.5, 0.6) is 0 Å². The summed E-state index contributed by atoms with van der Waals surface area (Å²) in [7, 11) is 0. The van der Waals surface area contributed by atoms with Crippen molar-refractivity contribution in [2.45, 2.75) is 6.42 Å². The molecule has 1 rings (SSSR count). The van der Waals surface area contributed by atoms with Gasteiger partial charge in [-0.25, -0.2) is 4.79 Å². The molecule has 0 spiro atoms. The Hall–Kier alpha value is -1.79. The van der Waals surface area contributed by atoms with E-state index in [0.717, 1.165) is 0 Å². The van der Waals surface area contributed by atoms with Crippen LogP contribution in [0, 0.1) is 5.92 Å². The van der Waals surface area contributed by atoms with Gasteiger partial charge in [-0.2, -0.15) is 0 Å². The molecule has 84 valence electrons. The number of aliphatic carboxylic acids is 1. The summed E-state index contributed by atoms with van der Waals surface area (Å²) < 4.78 is 0. The van der Waals surface area contributed by atoms with Crippen molar-refractivity contribution < 1.29 is 19.5 Å². The Morgan fingerprint density at radius 2 is 2.27 bits per heavy atom. The summed E-state index contributed by atoms with van der Waals surface area (Å²) in [6.45, 7) is 0.744. The SMILES string of the molecule is NC(=O)NCCN1CC(C(=O)O)CC1=O. The number of urea groups is 1. The standard InChI is InChI=1S/C8H13N3O4/c9-8(15)10-1-2-11-4-5(7(13)14)3-6(11)12/h5H,1-4H2,(H,13,14)(H3,9,10,15). The molecule has 1 heterocycles. The molecule has 0 aromatic rings. The number of primary amides is 1. The molecule has 0 bridgehead atoms. The lowest BCUT2D eigenvalue weighted by Crippen LogP contribution is -2.38. The van der Waals surface area contributed by atoms with Crippen molar-refractivity contribution in [3.8, 4) is 0 Å². The highest BCUT2D eigenvalue weighted by Gasteiger charge is 2.33. The number of hydrogen-bond donors (Lipinski definition) is 3. The summed E-state index contributed by atoms with van der Waals surface area (Å²) in [4.78, 5) is 33.6. The zero-order chi connectivity index (χ0) is 11.4. The van der Waals surface area contributed by atoms with E-state index in [0.29, 0.717) is 6.54 Å². The molecule has 1 unspecified atom stereocenters. The van der Waals surface area contributed by atoms with E-state index in [-0.39, 0.29) is 25.4 Å². The summed E-state index contributed by atoms with van der Waals surface area (Å²) >= 11 is 0. The van der Waals surface area contributed by atoms with Gasteiger partial charge in [0.1, 0.15) is 0 Å². The Labute approximate surface area is 86.2 Å². The molecule has 0 aromatic carbocycles. The maximum Gasteiger partial charge on any atom is 0.312 e. The second-order valence-corrected chi connectivity index (χ2v) is 3.37. The average molecular weight is 215 g/mol.